The van der Waals surface area contributed by atoms with E-state index in [1.54, 1.807) is 25.2 Å². The maximum absolute atomic E-state index is 13.1. The van der Waals surface area contributed by atoms with E-state index < -0.39 is 10.0 Å². The number of hydrogen-bond donors (Lipinski definition) is 4. The van der Waals surface area contributed by atoms with Gasteiger partial charge in [-0.05, 0) is 68.5 Å². The lowest BCUT2D eigenvalue weighted by atomic mass is 9.85. The van der Waals surface area contributed by atoms with E-state index in [0.29, 0.717) is 37.1 Å². The molecule has 5 N–H and O–H groups in total. The highest BCUT2D eigenvalue weighted by molar-refractivity contribution is 7.89. The van der Waals surface area contributed by atoms with Crippen LogP contribution in [0.2, 0.25) is 0 Å². The smallest absolute Gasteiger partial charge is 0.240 e. The Kier molecular flexibility index (Phi) is 7.17. The van der Waals surface area contributed by atoms with Crippen LogP contribution in [0.3, 0.4) is 0 Å². The molecule has 0 aromatic heterocycles. The van der Waals surface area contributed by atoms with E-state index >= 15 is 0 Å². The van der Waals surface area contributed by atoms with E-state index in [-0.39, 0.29) is 34.6 Å². The molecule has 0 spiro atoms. The molecule has 31 heavy (non-hydrogen) atoms. The summed E-state index contributed by atoms with van der Waals surface area (Å²) >= 11 is 0. The molecular weight excluding hydrogens is 419 g/mol. The number of nitrogen functional groups attached to an aromatic ring is 1. The van der Waals surface area contributed by atoms with Gasteiger partial charge in [-0.25, -0.2) is 17.5 Å². The summed E-state index contributed by atoms with van der Waals surface area (Å²) < 4.78 is 41.2. The molecule has 0 radical (unpaired) electrons. The average molecular weight is 449 g/mol. The molecule has 2 aromatic carbocycles. The molecule has 7 nitrogen and oxygen atoms in total. The van der Waals surface area contributed by atoms with Crippen molar-refractivity contribution < 1.29 is 17.6 Å². The number of sulfonamides is 1. The largest absolute Gasteiger partial charge is 0.397 e. The number of nitrogens with two attached hydrogens (primary N) is 1. The lowest BCUT2D eigenvalue weighted by molar-refractivity contribution is -0.126. The first-order valence-electron chi connectivity index (χ1n) is 10.3. The third kappa shape index (κ3) is 5.74. The maximum atomic E-state index is 13.1. The molecule has 1 saturated carbocycles. The highest BCUT2D eigenvalue weighted by Gasteiger charge is 2.30. The average Bonchev–Trinajstić information content (AvgIpc) is 2.74. The van der Waals surface area contributed by atoms with Gasteiger partial charge in [-0.15, -0.1) is 0 Å². The molecule has 1 fully saturated rings. The fraction of sp³-hybridized carbons (Fsp3) is 0.409. The Morgan fingerprint density at radius 3 is 2.32 bits per heavy atom. The molecular formula is C22H29FN4O3S. The summed E-state index contributed by atoms with van der Waals surface area (Å²) in [5.41, 5.74) is 7.75. The molecule has 0 saturated heterocycles. The number of rotatable bonds is 7. The number of halogens is 1. The minimum absolute atomic E-state index is 0.0615. The third-order valence-corrected chi connectivity index (χ3v) is 7.27. The van der Waals surface area contributed by atoms with E-state index in [9.17, 15) is 17.6 Å². The first-order chi connectivity index (χ1) is 14.7. The molecule has 0 heterocycles. The summed E-state index contributed by atoms with van der Waals surface area (Å²) in [7, 11) is -1.98. The molecule has 1 atom stereocenters. The normalized spacial score (nSPS) is 20.1. The summed E-state index contributed by atoms with van der Waals surface area (Å²) in [6.45, 7) is 1.86. The SMILES string of the molecule is CNc1ccc(S(=O)(=O)NC2CCC(C(=O)N[C@H](C)c3ccc(F)cc3)CC2)cc1N. The van der Waals surface area contributed by atoms with Crippen LogP contribution in [0.15, 0.2) is 47.4 Å². The molecule has 3 rings (SSSR count). The van der Waals surface area contributed by atoms with Crippen molar-refractivity contribution in [1.82, 2.24) is 10.0 Å². The van der Waals surface area contributed by atoms with Crippen molar-refractivity contribution in [2.45, 2.75) is 49.6 Å². The molecule has 1 aliphatic carbocycles. The Morgan fingerprint density at radius 1 is 1.10 bits per heavy atom. The lowest BCUT2D eigenvalue weighted by Gasteiger charge is -2.29. The number of carbonyl (C=O) groups is 1. The number of nitrogens with one attached hydrogen (secondary N) is 3. The van der Waals surface area contributed by atoms with Gasteiger partial charge >= 0.3 is 0 Å². The summed E-state index contributed by atoms with van der Waals surface area (Å²) in [4.78, 5) is 12.7. The van der Waals surface area contributed by atoms with Gasteiger partial charge in [0, 0.05) is 19.0 Å². The molecule has 0 bridgehead atoms. The Hall–Kier alpha value is -2.65. The van der Waals surface area contributed by atoms with Crippen molar-refractivity contribution in [3.8, 4) is 0 Å². The third-order valence-electron chi connectivity index (χ3n) is 5.75. The van der Waals surface area contributed by atoms with Gasteiger partial charge in [0.1, 0.15) is 5.82 Å². The number of carbonyl (C=O) groups excluding carboxylic acids is 1. The van der Waals surface area contributed by atoms with E-state index in [2.05, 4.69) is 15.4 Å². The van der Waals surface area contributed by atoms with Gasteiger partial charge in [-0.3, -0.25) is 4.79 Å². The number of anilines is 2. The second-order valence-electron chi connectivity index (χ2n) is 7.95. The van der Waals surface area contributed by atoms with Crippen molar-refractivity contribution >= 4 is 27.3 Å². The second kappa shape index (κ2) is 9.65. The number of benzene rings is 2. The Labute approximate surface area is 182 Å². The molecule has 0 unspecified atom stereocenters. The van der Waals surface area contributed by atoms with Crippen LogP contribution in [0.1, 0.15) is 44.2 Å². The molecule has 1 amide bonds. The summed E-state index contributed by atoms with van der Waals surface area (Å²) in [6, 6.07) is 10.2. The zero-order valence-electron chi connectivity index (χ0n) is 17.7. The van der Waals surface area contributed by atoms with E-state index in [0.717, 1.165) is 5.56 Å². The number of hydrogen-bond acceptors (Lipinski definition) is 5. The zero-order valence-corrected chi connectivity index (χ0v) is 18.5. The van der Waals surface area contributed by atoms with Crippen LogP contribution in [0, 0.1) is 11.7 Å². The first-order valence-corrected chi connectivity index (χ1v) is 11.8. The van der Waals surface area contributed by atoms with Gasteiger partial charge in [0.2, 0.25) is 15.9 Å². The van der Waals surface area contributed by atoms with Crippen LogP contribution in [-0.2, 0) is 14.8 Å². The van der Waals surface area contributed by atoms with Crippen LogP contribution in [0.5, 0.6) is 0 Å². The van der Waals surface area contributed by atoms with E-state index in [1.807, 2.05) is 6.92 Å². The van der Waals surface area contributed by atoms with E-state index in [1.165, 1.54) is 24.3 Å². The zero-order chi connectivity index (χ0) is 22.6. The van der Waals surface area contributed by atoms with E-state index in [4.69, 9.17) is 5.73 Å². The van der Waals surface area contributed by atoms with Crippen LogP contribution in [0.25, 0.3) is 0 Å². The summed E-state index contributed by atoms with van der Waals surface area (Å²) in [5.74, 6) is -0.550. The van der Waals surface area contributed by atoms with Gasteiger partial charge in [-0.1, -0.05) is 12.1 Å². The van der Waals surface area contributed by atoms with Gasteiger partial charge in [-0.2, -0.15) is 0 Å². The predicted molar refractivity (Wildman–Crippen MR) is 119 cm³/mol. The second-order valence-corrected chi connectivity index (χ2v) is 9.66. The van der Waals surface area contributed by atoms with Gasteiger partial charge in [0.05, 0.1) is 22.3 Å². The van der Waals surface area contributed by atoms with Gasteiger partial charge in [0.25, 0.3) is 0 Å². The molecule has 168 valence electrons. The van der Waals surface area contributed by atoms with Crippen molar-refractivity contribution in [3.63, 3.8) is 0 Å². The predicted octanol–water partition coefficient (Wildman–Crippen LogP) is 3.16. The highest BCUT2D eigenvalue weighted by Crippen LogP contribution is 2.28. The lowest BCUT2D eigenvalue weighted by Crippen LogP contribution is -2.41. The first kappa shape index (κ1) is 23.0. The van der Waals surface area contributed by atoms with Crippen molar-refractivity contribution in [1.29, 1.82) is 0 Å². The van der Waals surface area contributed by atoms with Gasteiger partial charge < -0.3 is 16.4 Å². The minimum atomic E-state index is -3.69. The molecule has 1 aliphatic rings. The highest BCUT2D eigenvalue weighted by atomic mass is 32.2. The molecule has 9 heteroatoms. The topological polar surface area (TPSA) is 113 Å². The van der Waals surface area contributed by atoms with Crippen LogP contribution < -0.4 is 21.1 Å². The Balaban J connectivity index is 1.53. The van der Waals surface area contributed by atoms with Crippen LogP contribution >= 0.6 is 0 Å². The fourth-order valence-corrected chi connectivity index (χ4v) is 5.20. The van der Waals surface area contributed by atoms with Crippen molar-refractivity contribution in [2.75, 3.05) is 18.1 Å². The van der Waals surface area contributed by atoms with Crippen molar-refractivity contribution in [3.05, 3.63) is 53.8 Å². The summed E-state index contributed by atoms with van der Waals surface area (Å²) in [6.07, 6.45) is 2.34. The van der Waals surface area contributed by atoms with Gasteiger partial charge in [0.15, 0.2) is 0 Å². The van der Waals surface area contributed by atoms with Crippen LogP contribution in [-0.4, -0.2) is 27.4 Å². The molecule has 0 aliphatic heterocycles. The Morgan fingerprint density at radius 2 is 1.74 bits per heavy atom. The van der Waals surface area contributed by atoms with Crippen LogP contribution in [0.4, 0.5) is 15.8 Å². The Bertz CT molecular complexity index is 1020. The minimum Gasteiger partial charge on any atom is -0.397 e. The summed E-state index contributed by atoms with van der Waals surface area (Å²) in [5, 5.41) is 5.87. The fourth-order valence-electron chi connectivity index (χ4n) is 3.86. The maximum Gasteiger partial charge on any atom is 0.240 e. The monoisotopic (exact) mass is 448 g/mol. The molecule has 2 aromatic rings. The number of amides is 1. The standard InChI is InChI=1S/C22H29FN4O3S/c1-14(15-3-7-17(23)8-4-15)26-22(28)16-5-9-18(10-6-16)27-31(29,30)19-11-12-21(25-2)20(24)13-19/h3-4,7-8,11-14,16,18,25,27H,5-6,9-10,24H2,1-2H3,(H,26,28)/t14-,16?,18?/m1/s1. The van der Waals surface area contributed by atoms with Crippen molar-refractivity contribution in [2.24, 2.45) is 5.92 Å². The quantitative estimate of drug-likeness (QED) is 0.486.